The number of esters is 2. The largest absolute Gasteiger partial charge is 0.465 e. The van der Waals surface area contributed by atoms with Crippen LogP contribution in [-0.2, 0) is 23.8 Å². The predicted octanol–water partition coefficient (Wildman–Crippen LogP) is 6.23. The van der Waals surface area contributed by atoms with Crippen LogP contribution in [0.1, 0.15) is 110 Å². The Balaban J connectivity index is 2.06. The first-order valence-electron chi connectivity index (χ1n) is 12.5. The number of carbonyl (C=O) groups excluding carboxylic acids is 2. The van der Waals surface area contributed by atoms with E-state index < -0.39 is 0 Å². The Bertz CT molecular complexity index is 437. The summed E-state index contributed by atoms with van der Waals surface area (Å²) in [6.07, 6.45) is 18.8. The van der Waals surface area contributed by atoms with E-state index in [1.54, 1.807) is 7.11 Å². The summed E-state index contributed by atoms with van der Waals surface area (Å²) in [6.45, 7) is 3.35. The highest BCUT2D eigenvalue weighted by Crippen LogP contribution is 2.32. The molecule has 30 heavy (non-hydrogen) atoms. The third-order valence-corrected chi connectivity index (χ3v) is 6.15. The molecule has 176 valence electrons. The molecule has 5 heteroatoms. The van der Waals surface area contributed by atoms with Crippen molar-refractivity contribution < 1.29 is 23.8 Å². The van der Waals surface area contributed by atoms with Crippen LogP contribution in [0.2, 0.25) is 0 Å². The molecule has 0 aromatic carbocycles. The lowest BCUT2D eigenvalue weighted by molar-refractivity contribution is -0.163. The number of carbonyl (C=O) groups is 2. The van der Waals surface area contributed by atoms with Crippen molar-refractivity contribution in [2.75, 3.05) is 26.9 Å². The molecule has 2 atom stereocenters. The molecule has 0 amide bonds. The topological polar surface area (TPSA) is 61.8 Å². The van der Waals surface area contributed by atoms with Gasteiger partial charge in [-0.15, -0.1) is 0 Å². The summed E-state index contributed by atoms with van der Waals surface area (Å²) in [5, 5.41) is 0. The molecule has 1 fully saturated rings. The third kappa shape index (κ3) is 12.6. The van der Waals surface area contributed by atoms with E-state index >= 15 is 0 Å². The molecule has 0 heterocycles. The van der Waals surface area contributed by atoms with Crippen molar-refractivity contribution in [2.45, 2.75) is 110 Å². The minimum atomic E-state index is -0.356. The van der Waals surface area contributed by atoms with Gasteiger partial charge in [-0.2, -0.15) is 0 Å². The standard InChI is InChI=1S/C25H46O5/c1-3-4-5-6-7-8-9-10-11-12-13-16-19-29-24(26)22-17-14-15-18-23(22)25(27)30-21-20-28-2/h22-23H,3-21H2,1-2H3. The van der Waals surface area contributed by atoms with Gasteiger partial charge in [-0.3, -0.25) is 9.59 Å². The summed E-state index contributed by atoms with van der Waals surface area (Å²) in [6, 6.07) is 0. The van der Waals surface area contributed by atoms with Crippen LogP contribution in [0.3, 0.4) is 0 Å². The molecule has 0 aromatic heterocycles. The molecule has 2 unspecified atom stereocenters. The zero-order valence-corrected chi connectivity index (χ0v) is 19.6. The number of hydrogen-bond donors (Lipinski definition) is 0. The lowest BCUT2D eigenvalue weighted by Crippen LogP contribution is -2.35. The monoisotopic (exact) mass is 426 g/mol. The first kappa shape index (κ1) is 26.9. The normalized spacial score (nSPS) is 18.9. The molecule has 1 rings (SSSR count). The fourth-order valence-electron chi connectivity index (χ4n) is 4.25. The van der Waals surface area contributed by atoms with Crippen LogP contribution < -0.4 is 0 Å². The maximum absolute atomic E-state index is 12.5. The van der Waals surface area contributed by atoms with E-state index in [9.17, 15) is 9.59 Å². The molecule has 0 N–H and O–H groups in total. The second kappa shape index (κ2) is 18.7. The Hall–Kier alpha value is -1.10. The predicted molar refractivity (Wildman–Crippen MR) is 120 cm³/mol. The van der Waals surface area contributed by atoms with E-state index in [0.29, 0.717) is 19.6 Å². The Morgan fingerprint density at radius 1 is 0.633 bits per heavy atom. The van der Waals surface area contributed by atoms with E-state index in [-0.39, 0.29) is 30.4 Å². The molecule has 5 nitrogen and oxygen atoms in total. The molecule has 0 bridgehead atoms. The fourth-order valence-corrected chi connectivity index (χ4v) is 4.25. The molecule has 0 spiro atoms. The molecular formula is C25H46O5. The van der Waals surface area contributed by atoms with E-state index in [2.05, 4.69) is 6.92 Å². The van der Waals surface area contributed by atoms with E-state index in [4.69, 9.17) is 14.2 Å². The zero-order valence-electron chi connectivity index (χ0n) is 19.6. The van der Waals surface area contributed by atoms with Gasteiger partial charge in [-0.25, -0.2) is 0 Å². The van der Waals surface area contributed by atoms with Crippen LogP contribution in [0.15, 0.2) is 0 Å². The van der Waals surface area contributed by atoms with Crippen molar-refractivity contribution >= 4 is 11.9 Å². The Morgan fingerprint density at radius 2 is 1.07 bits per heavy atom. The van der Waals surface area contributed by atoms with Crippen LogP contribution in [0.25, 0.3) is 0 Å². The van der Waals surface area contributed by atoms with Crippen molar-refractivity contribution in [1.29, 1.82) is 0 Å². The molecule has 1 aliphatic carbocycles. The third-order valence-electron chi connectivity index (χ3n) is 6.15. The average Bonchev–Trinajstić information content (AvgIpc) is 2.77. The Morgan fingerprint density at radius 3 is 1.53 bits per heavy atom. The summed E-state index contributed by atoms with van der Waals surface area (Å²) in [4.78, 5) is 24.8. The lowest BCUT2D eigenvalue weighted by Gasteiger charge is -2.28. The van der Waals surface area contributed by atoms with Gasteiger partial charge in [0.15, 0.2) is 0 Å². The lowest BCUT2D eigenvalue weighted by atomic mass is 9.79. The van der Waals surface area contributed by atoms with Crippen LogP contribution >= 0.6 is 0 Å². The van der Waals surface area contributed by atoms with Crippen molar-refractivity contribution in [3.05, 3.63) is 0 Å². The van der Waals surface area contributed by atoms with Gasteiger partial charge >= 0.3 is 11.9 Å². The van der Waals surface area contributed by atoms with Crippen molar-refractivity contribution in [2.24, 2.45) is 11.8 Å². The number of hydrogen-bond acceptors (Lipinski definition) is 5. The number of rotatable bonds is 18. The van der Waals surface area contributed by atoms with Crippen LogP contribution in [0.5, 0.6) is 0 Å². The minimum Gasteiger partial charge on any atom is -0.465 e. The smallest absolute Gasteiger partial charge is 0.309 e. The van der Waals surface area contributed by atoms with Gasteiger partial charge < -0.3 is 14.2 Å². The fraction of sp³-hybridized carbons (Fsp3) is 0.920. The quantitative estimate of drug-likeness (QED) is 0.192. The highest BCUT2D eigenvalue weighted by atomic mass is 16.6. The minimum absolute atomic E-state index is 0.216. The van der Waals surface area contributed by atoms with Crippen LogP contribution in [-0.4, -0.2) is 38.9 Å². The number of methoxy groups -OCH3 is 1. The highest BCUT2D eigenvalue weighted by molar-refractivity contribution is 5.82. The van der Waals surface area contributed by atoms with Crippen molar-refractivity contribution in [3.8, 4) is 0 Å². The molecular weight excluding hydrogens is 380 g/mol. The first-order chi connectivity index (χ1) is 14.7. The number of ether oxygens (including phenoxy) is 3. The van der Waals surface area contributed by atoms with Gasteiger partial charge in [0.1, 0.15) is 6.61 Å². The number of unbranched alkanes of at least 4 members (excludes halogenated alkanes) is 11. The second-order valence-corrected chi connectivity index (χ2v) is 8.71. The SMILES string of the molecule is CCCCCCCCCCCCCCOC(=O)C1CCCCC1C(=O)OCCOC. The highest BCUT2D eigenvalue weighted by Gasteiger charge is 2.37. The van der Waals surface area contributed by atoms with E-state index in [1.165, 1.54) is 64.2 Å². The Labute approximate surface area is 184 Å². The Kier molecular flexibility index (Phi) is 16.7. The maximum Gasteiger partial charge on any atom is 0.309 e. The van der Waals surface area contributed by atoms with E-state index in [0.717, 1.165) is 32.1 Å². The van der Waals surface area contributed by atoms with Gasteiger partial charge in [0.05, 0.1) is 25.0 Å². The van der Waals surface area contributed by atoms with E-state index in [1.807, 2.05) is 0 Å². The van der Waals surface area contributed by atoms with Gasteiger partial charge in [-0.05, 0) is 19.3 Å². The summed E-state index contributed by atoms with van der Waals surface area (Å²) >= 11 is 0. The van der Waals surface area contributed by atoms with Crippen molar-refractivity contribution in [1.82, 2.24) is 0 Å². The molecule has 0 aliphatic heterocycles. The molecule has 0 aromatic rings. The summed E-state index contributed by atoms with van der Waals surface area (Å²) in [5.41, 5.74) is 0. The van der Waals surface area contributed by atoms with Crippen LogP contribution in [0.4, 0.5) is 0 Å². The van der Waals surface area contributed by atoms with Gasteiger partial charge in [0.25, 0.3) is 0 Å². The summed E-state index contributed by atoms with van der Waals surface area (Å²) in [5.74, 6) is -1.19. The molecule has 1 aliphatic rings. The second-order valence-electron chi connectivity index (χ2n) is 8.71. The van der Waals surface area contributed by atoms with Crippen LogP contribution in [0, 0.1) is 11.8 Å². The molecule has 0 saturated heterocycles. The molecule has 1 saturated carbocycles. The average molecular weight is 427 g/mol. The van der Waals surface area contributed by atoms with Gasteiger partial charge in [-0.1, -0.05) is 90.4 Å². The summed E-state index contributed by atoms with van der Waals surface area (Å²) < 4.78 is 15.7. The van der Waals surface area contributed by atoms with Crippen molar-refractivity contribution in [3.63, 3.8) is 0 Å². The van der Waals surface area contributed by atoms with Gasteiger partial charge in [0, 0.05) is 7.11 Å². The molecule has 0 radical (unpaired) electrons. The van der Waals surface area contributed by atoms with Gasteiger partial charge in [0.2, 0.25) is 0 Å². The zero-order chi connectivity index (χ0) is 21.9. The first-order valence-corrected chi connectivity index (χ1v) is 12.5. The maximum atomic E-state index is 12.5. The summed E-state index contributed by atoms with van der Waals surface area (Å²) in [7, 11) is 1.57.